The molecule has 0 fully saturated rings. The fourth-order valence-corrected chi connectivity index (χ4v) is 1.42. The van der Waals surface area contributed by atoms with Gasteiger partial charge in [-0.1, -0.05) is 0 Å². The topological polar surface area (TPSA) is 0 Å². The number of thioether (sulfide) groups is 1. The quantitative estimate of drug-likeness (QED) is 0.474. The van der Waals surface area contributed by atoms with E-state index >= 15 is 0 Å². The van der Waals surface area contributed by atoms with Crippen LogP contribution in [0.25, 0.3) is 0 Å². The van der Waals surface area contributed by atoms with Crippen molar-refractivity contribution in [3.8, 4) is 0 Å². The van der Waals surface area contributed by atoms with Crippen molar-refractivity contribution in [2.45, 2.75) is 4.90 Å². The Bertz CT molecular complexity index is 181. The van der Waals surface area contributed by atoms with E-state index in [4.69, 9.17) is 0 Å². The SMILES string of the molecule is CSc1ccc([AsH2])cc1. The molecule has 2 heteroatoms. The Morgan fingerprint density at radius 3 is 2.22 bits per heavy atom. The molecule has 0 amide bonds. The van der Waals surface area contributed by atoms with Gasteiger partial charge < -0.3 is 0 Å². The molecule has 0 radical (unpaired) electrons. The van der Waals surface area contributed by atoms with Gasteiger partial charge in [-0.25, -0.2) is 0 Å². The number of rotatable bonds is 1. The van der Waals surface area contributed by atoms with Crippen molar-refractivity contribution in [2.24, 2.45) is 0 Å². The third-order valence-electron chi connectivity index (χ3n) is 1.12. The fourth-order valence-electron chi connectivity index (χ4n) is 0.604. The van der Waals surface area contributed by atoms with Crippen molar-refractivity contribution in [3.63, 3.8) is 0 Å². The van der Waals surface area contributed by atoms with Crippen molar-refractivity contribution < 1.29 is 0 Å². The second-order valence-corrected chi connectivity index (χ2v) is 4.05. The molecular weight excluding hydrogens is 191 g/mol. The van der Waals surface area contributed by atoms with Crippen molar-refractivity contribution >= 4 is 33.0 Å². The molecule has 1 aromatic rings. The van der Waals surface area contributed by atoms with E-state index in [1.165, 1.54) is 9.25 Å². The Balaban J connectivity index is 2.88. The van der Waals surface area contributed by atoms with Crippen molar-refractivity contribution in [2.75, 3.05) is 6.26 Å². The Hall–Kier alpha value is 0.128. The van der Waals surface area contributed by atoms with E-state index in [-0.39, 0.29) is 0 Å². The normalized spacial score (nSPS) is 9.56. The third-order valence-corrected chi connectivity index (χ3v) is 2.67. The first-order valence-corrected chi connectivity index (χ1v) is 5.16. The minimum atomic E-state index is 1.34. The Morgan fingerprint density at radius 1 is 1.22 bits per heavy atom. The fraction of sp³-hybridized carbons (Fsp3) is 0.143. The summed E-state index contributed by atoms with van der Waals surface area (Å²) in [6, 6.07) is 8.63. The van der Waals surface area contributed by atoms with E-state index in [1.807, 2.05) is 0 Å². The Kier molecular flexibility index (Phi) is 2.68. The zero-order valence-corrected chi connectivity index (χ0v) is 8.53. The van der Waals surface area contributed by atoms with Gasteiger partial charge in [0.15, 0.2) is 0 Å². The summed E-state index contributed by atoms with van der Waals surface area (Å²) in [5.74, 6) is 0. The molecule has 0 heterocycles. The molecule has 1 atom stereocenters. The summed E-state index contributed by atoms with van der Waals surface area (Å²) in [7, 11) is 0. The van der Waals surface area contributed by atoms with Crippen LogP contribution < -0.4 is 4.35 Å². The predicted molar refractivity (Wildman–Crippen MR) is 46.4 cm³/mol. The summed E-state index contributed by atoms with van der Waals surface area (Å²) < 4.78 is 1.39. The van der Waals surface area contributed by atoms with Gasteiger partial charge in [0.1, 0.15) is 0 Å². The van der Waals surface area contributed by atoms with Crippen LogP contribution in [0.3, 0.4) is 0 Å². The monoisotopic (exact) mass is 200 g/mol. The van der Waals surface area contributed by atoms with Crippen molar-refractivity contribution in [3.05, 3.63) is 24.3 Å². The van der Waals surface area contributed by atoms with E-state index in [1.54, 1.807) is 28.6 Å². The molecular formula is C7H9AsS. The van der Waals surface area contributed by atoms with E-state index in [9.17, 15) is 0 Å². The van der Waals surface area contributed by atoms with Crippen molar-refractivity contribution in [1.82, 2.24) is 0 Å². The van der Waals surface area contributed by atoms with E-state index in [0.29, 0.717) is 0 Å². The second-order valence-electron chi connectivity index (χ2n) is 1.77. The number of hydrogen-bond donors (Lipinski definition) is 0. The van der Waals surface area contributed by atoms with Crippen LogP contribution >= 0.6 is 11.8 Å². The van der Waals surface area contributed by atoms with Gasteiger partial charge in [0.05, 0.1) is 0 Å². The molecule has 0 saturated carbocycles. The first-order chi connectivity index (χ1) is 4.33. The Morgan fingerprint density at radius 2 is 1.78 bits per heavy atom. The minimum absolute atomic E-state index is 1.34. The van der Waals surface area contributed by atoms with Gasteiger partial charge in [-0.15, -0.1) is 0 Å². The molecule has 0 aliphatic rings. The molecule has 48 valence electrons. The average molecular weight is 200 g/mol. The molecule has 0 saturated heterocycles. The van der Waals surface area contributed by atoms with Crippen LogP contribution in [0, 0.1) is 0 Å². The molecule has 0 bridgehead atoms. The summed E-state index contributed by atoms with van der Waals surface area (Å²) in [6.07, 6.45) is 2.09. The van der Waals surface area contributed by atoms with Gasteiger partial charge in [0.2, 0.25) is 0 Å². The maximum absolute atomic E-state index is 2.16. The zero-order chi connectivity index (χ0) is 6.69. The Labute approximate surface area is 68.5 Å². The summed E-state index contributed by atoms with van der Waals surface area (Å²) in [6.45, 7) is 0. The number of benzene rings is 1. The van der Waals surface area contributed by atoms with Crippen molar-refractivity contribution in [1.29, 1.82) is 0 Å². The molecule has 0 aliphatic heterocycles. The molecule has 0 nitrogen and oxygen atoms in total. The van der Waals surface area contributed by atoms with Crippen LogP contribution in [0.5, 0.6) is 0 Å². The molecule has 0 aliphatic carbocycles. The van der Waals surface area contributed by atoms with Crippen LogP contribution in [-0.4, -0.2) is 23.1 Å². The molecule has 1 aromatic carbocycles. The third kappa shape index (κ3) is 2.08. The van der Waals surface area contributed by atoms with Gasteiger partial charge >= 0.3 is 68.4 Å². The van der Waals surface area contributed by atoms with Gasteiger partial charge in [0, 0.05) is 0 Å². The average Bonchev–Trinajstić information content (AvgIpc) is 1.90. The van der Waals surface area contributed by atoms with E-state index < -0.39 is 0 Å². The summed E-state index contributed by atoms with van der Waals surface area (Å²) in [5, 5.41) is 0. The van der Waals surface area contributed by atoms with E-state index in [0.717, 1.165) is 0 Å². The van der Waals surface area contributed by atoms with Crippen LogP contribution in [0.2, 0.25) is 0 Å². The van der Waals surface area contributed by atoms with Gasteiger partial charge in [-0.2, -0.15) is 0 Å². The van der Waals surface area contributed by atoms with E-state index in [2.05, 4.69) is 30.5 Å². The first-order valence-electron chi connectivity index (χ1n) is 2.72. The molecule has 9 heavy (non-hydrogen) atoms. The second kappa shape index (κ2) is 3.34. The maximum atomic E-state index is 2.16. The van der Waals surface area contributed by atoms with Crippen LogP contribution in [0.15, 0.2) is 29.2 Å². The van der Waals surface area contributed by atoms with Gasteiger partial charge in [-0.05, 0) is 0 Å². The molecule has 1 rings (SSSR count). The molecule has 0 aromatic heterocycles. The van der Waals surface area contributed by atoms with Gasteiger partial charge in [0.25, 0.3) is 0 Å². The molecule has 0 spiro atoms. The summed E-state index contributed by atoms with van der Waals surface area (Å²) in [5.41, 5.74) is 0. The summed E-state index contributed by atoms with van der Waals surface area (Å²) in [4.78, 5) is 1.34. The standard InChI is InChI=1S/C7H9AsS/c1-9-7-4-2-6(8)3-5-7/h2-5H,8H2,1H3. The van der Waals surface area contributed by atoms with Crippen LogP contribution in [-0.2, 0) is 0 Å². The zero-order valence-electron chi connectivity index (χ0n) is 5.29. The van der Waals surface area contributed by atoms with Gasteiger partial charge in [-0.3, -0.25) is 0 Å². The van der Waals surface area contributed by atoms with Crippen LogP contribution in [0.1, 0.15) is 0 Å². The van der Waals surface area contributed by atoms with Crippen LogP contribution in [0.4, 0.5) is 0 Å². The molecule has 1 unspecified atom stereocenters. The first kappa shape index (κ1) is 7.24. The predicted octanol–water partition coefficient (Wildman–Crippen LogP) is 0.667. The number of hydrogen-bond acceptors (Lipinski definition) is 1. The molecule has 0 N–H and O–H groups in total. The summed E-state index contributed by atoms with van der Waals surface area (Å²) >= 11 is 3.46.